The lowest BCUT2D eigenvalue weighted by Crippen LogP contribution is -2.34. The van der Waals surface area contributed by atoms with Crippen LogP contribution in [0.1, 0.15) is 19.3 Å². The van der Waals surface area contributed by atoms with Gasteiger partial charge in [0.05, 0.1) is 22.6 Å². The molecule has 2 rings (SSSR count). The number of halogens is 1. The van der Waals surface area contributed by atoms with Gasteiger partial charge < -0.3 is 11.1 Å². The van der Waals surface area contributed by atoms with Crippen LogP contribution in [-0.4, -0.2) is 16.9 Å². The van der Waals surface area contributed by atoms with Gasteiger partial charge in [0.1, 0.15) is 0 Å². The molecule has 1 aromatic rings. The highest BCUT2D eigenvalue weighted by Gasteiger charge is 2.30. The summed E-state index contributed by atoms with van der Waals surface area (Å²) in [6, 6.07) is 2.91. The van der Waals surface area contributed by atoms with Crippen molar-refractivity contribution in [3.63, 3.8) is 0 Å². The Morgan fingerprint density at radius 3 is 2.74 bits per heavy atom. The number of nitro groups is 1. The number of nitrogens with two attached hydrogens (primary N) is 1. The monoisotopic (exact) mass is 267 g/mol. The Hall–Kier alpha value is -2.02. The Morgan fingerprint density at radius 2 is 2.21 bits per heavy atom. The van der Waals surface area contributed by atoms with Gasteiger partial charge in [-0.2, -0.15) is 0 Å². The van der Waals surface area contributed by atoms with Crippen LogP contribution in [-0.2, 0) is 4.79 Å². The Kier molecular flexibility index (Phi) is 3.75. The summed E-state index contributed by atoms with van der Waals surface area (Å²) in [4.78, 5) is 21.7. The van der Waals surface area contributed by atoms with Gasteiger partial charge in [-0.3, -0.25) is 14.9 Å². The summed E-state index contributed by atoms with van der Waals surface area (Å²) in [6.45, 7) is 0. The smallest absolute Gasteiger partial charge is 0.272 e. The molecule has 2 unspecified atom stereocenters. The van der Waals surface area contributed by atoms with Crippen LogP contribution >= 0.6 is 0 Å². The lowest BCUT2D eigenvalue weighted by Gasteiger charge is -2.15. The van der Waals surface area contributed by atoms with Crippen molar-refractivity contribution in [2.75, 3.05) is 5.32 Å². The molecule has 7 heteroatoms. The van der Waals surface area contributed by atoms with Crippen molar-refractivity contribution in [1.29, 1.82) is 0 Å². The first kappa shape index (κ1) is 13.4. The zero-order valence-electron chi connectivity index (χ0n) is 10.1. The van der Waals surface area contributed by atoms with E-state index in [4.69, 9.17) is 5.73 Å². The minimum atomic E-state index is -0.825. The van der Waals surface area contributed by atoms with E-state index in [2.05, 4.69) is 5.32 Å². The highest BCUT2D eigenvalue weighted by Crippen LogP contribution is 2.26. The van der Waals surface area contributed by atoms with E-state index in [1.165, 1.54) is 6.07 Å². The maximum Gasteiger partial charge on any atom is 0.272 e. The molecule has 102 valence electrons. The van der Waals surface area contributed by atoms with Crippen molar-refractivity contribution >= 4 is 17.3 Å². The summed E-state index contributed by atoms with van der Waals surface area (Å²) in [5, 5.41) is 12.9. The molecule has 0 heterocycles. The molecular weight excluding hydrogens is 253 g/mol. The zero-order valence-corrected chi connectivity index (χ0v) is 10.1. The molecule has 1 saturated carbocycles. The van der Waals surface area contributed by atoms with E-state index < -0.39 is 10.7 Å². The fourth-order valence-electron chi connectivity index (χ4n) is 2.26. The van der Waals surface area contributed by atoms with Crippen molar-refractivity contribution in [3.8, 4) is 0 Å². The zero-order chi connectivity index (χ0) is 14.0. The van der Waals surface area contributed by atoms with Gasteiger partial charge in [0.25, 0.3) is 5.69 Å². The van der Waals surface area contributed by atoms with E-state index in [0.717, 1.165) is 25.0 Å². The summed E-state index contributed by atoms with van der Waals surface area (Å²) >= 11 is 0. The first-order chi connectivity index (χ1) is 8.99. The first-order valence-corrected chi connectivity index (χ1v) is 5.99. The number of nitrogens with one attached hydrogen (secondary N) is 1. The minimum absolute atomic E-state index is 0.0605. The van der Waals surface area contributed by atoms with Gasteiger partial charge in [-0.1, -0.05) is 6.42 Å². The fraction of sp³-hybridized carbons (Fsp3) is 0.417. The summed E-state index contributed by atoms with van der Waals surface area (Å²) in [6.07, 6.45) is 2.34. The third kappa shape index (κ3) is 2.87. The van der Waals surface area contributed by atoms with Crippen LogP contribution in [0.25, 0.3) is 0 Å². The molecule has 0 bridgehead atoms. The van der Waals surface area contributed by atoms with Gasteiger partial charge in [-0.15, -0.1) is 0 Å². The summed E-state index contributed by atoms with van der Waals surface area (Å²) < 4.78 is 13.6. The average Bonchev–Trinajstić information content (AvgIpc) is 2.77. The highest BCUT2D eigenvalue weighted by atomic mass is 19.1. The average molecular weight is 267 g/mol. The van der Waals surface area contributed by atoms with Crippen molar-refractivity contribution in [2.45, 2.75) is 25.3 Å². The Morgan fingerprint density at radius 1 is 1.47 bits per heavy atom. The molecule has 3 N–H and O–H groups in total. The number of rotatable bonds is 3. The topological polar surface area (TPSA) is 98.3 Å². The van der Waals surface area contributed by atoms with Crippen LogP contribution in [0.3, 0.4) is 0 Å². The molecule has 2 atom stereocenters. The quantitative estimate of drug-likeness (QED) is 0.644. The molecule has 19 heavy (non-hydrogen) atoms. The minimum Gasteiger partial charge on any atom is -0.327 e. The van der Waals surface area contributed by atoms with Gasteiger partial charge in [-0.05, 0) is 18.9 Å². The van der Waals surface area contributed by atoms with Crippen molar-refractivity contribution in [2.24, 2.45) is 11.7 Å². The standard InChI is InChI=1S/C12H14FN3O3/c13-9-6-7(16(18)19)4-5-11(9)15-12(17)8-2-1-3-10(8)14/h4-6,8,10H,1-3,14H2,(H,15,17). The fourth-order valence-corrected chi connectivity index (χ4v) is 2.26. The number of hydrogen-bond acceptors (Lipinski definition) is 4. The van der Waals surface area contributed by atoms with E-state index >= 15 is 0 Å². The summed E-state index contributed by atoms with van der Waals surface area (Å²) in [5.74, 6) is -1.48. The second-order valence-corrected chi connectivity index (χ2v) is 4.61. The molecule has 0 aromatic heterocycles. The number of hydrogen-bond donors (Lipinski definition) is 2. The van der Waals surface area contributed by atoms with Crippen LogP contribution in [0.2, 0.25) is 0 Å². The van der Waals surface area contributed by atoms with E-state index in [1.54, 1.807) is 0 Å². The number of amides is 1. The third-order valence-electron chi connectivity index (χ3n) is 3.33. The van der Waals surface area contributed by atoms with E-state index in [-0.39, 0.29) is 29.2 Å². The highest BCUT2D eigenvalue weighted by molar-refractivity contribution is 5.93. The second-order valence-electron chi connectivity index (χ2n) is 4.61. The summed E-state index contributed by atoms with van der Waals surface area (Å²) in [5.41, 5.74) is 5.38. The SMILES string of the molecule is NC1CCCC1C(=O)Nc1ccc([N+](=O)[O-])cc1F. The van der Waals surface area contributed by atoms with Gasteiger partial charge in [0.15, 0.2) is 5.82 Å². The number of carbonyl (C=O) groups excluding carboxylic acids is 1. The van der Waals surface area contributed by atoms with Crippen LogP contribution in [0.15, 0.2) is 18.2 Å². The number of non-ortho nitro benzene ring substituents is 1. The normalized spacial score (nSPS) is 22.2. The van der Waals surface area contributed by atoms with E-state index in [0.29, 0.717) is 6.42 Å². The third-order valence-corrected chi connectivity index (χ3v) is 3.33. The van der Waals surface area contributed by atoms with Crippen molar-refractivity contribution in [1.82, 2.24) is 0 Å². The number of benzene rings is 1. The lowest BCUT2D eigenvalue weighted by molar-refractivity contribution is -0.385. The second kappa shape index (κ2) is 5.31. The predicted molar refractivity (Wildman–Crippen MR) is 67.0 cm³/mol. The Balaban J connectivity index is 2.11. The molecule has 0 aliphatic heterocycles. The first-order valence-electron chi connectivity index (χ1n) is 5.99. The number of nitro benzene ring substituents is 1. The maximum absolute atomic E-state index is 13.6. The van der Waals surface area contributed by atoms with Gasteiger partial charge in [-0.25, -0.2) is 4.39 Å². The van der Waals surface area contributed by atoms with Gasteiger partial charge >= 0.3 is 0 Å². The number of carbonyl (C=O) groups is 1. The van der Waals surface area contributed by atoms with Gasteiger partial charge in [0, 0.05) is 12.1 Å². The van der Waals surface area contributed by atoms with Crippen LogP contribution in [0, 0.1) is 21.8 Å². The van der Waals surface area contributed by atoms with Crippen molar-refractivity contribution in [3.05, 3.63) is 34.1 Å². The molecule has 1 aliphatic rings. The maximum atomic E-state index is 13.6. The Labute approximate surface area is 108 Å². The lowest BCUT2D eigenvalue weighted by atomic mass is 10.0. The largest absolute Gasteiger partial charge is 0.327 e. The Bertz CT molecular complexity index is 521. The molecule has 6 nitrogen and oxygen atoms in total. The molecule has 0 radical (unpaired) electrons. The molecular formula is C12H14FN3O3. The van der Waals surface area contributed by atoms with Crippen LogP contribution in [0.4, 0.5) is 15.8 Å². The van der Waals surface area contributed by atoms with E-state index in [9.17, 15) is 19.3 Å². The van der Waals surface area contributed by atoms with Crippen molar-refractivity contribution < 1.29 is 14.1 Å². The number of nitrogens with zero attached hydrogens (tertiary/aromatic N) is 1. The van der Waals surface area contributed by atoms with Crippen LogP contribution < -0.4 is 11.1 Å². The molecule has 0 spiro atoms. The van der Waals surface area contributed by atoms with E-state index in [1.807, 2.05) is 0 Å². The molecule has 1 amide bonds. The predicted octanol–water partition coefficient (Wildman–Crippen LogP) is 1.80. The summed E-state index contributed by atoms with van der Waals surface area (Å²) in [7, 11) is 0. The molecule has 1 aromatic carbocycles. The molecule has 1 aliphatic carbocycles. The number of anilines is 1. The molecule has 1 fully saturated rings. The van der Waals surface area contributed by atoms with Gasteiger partial charge in [0.2, 0.25) is 5.91 Å². The van der Waals surface area contributed by atoms with Crippen LogP contribution in [0.5, 0.6) is 0 Å². The molecule has 0 saturated heterocycles.